The Morgan fingerprint density at radius 3 is 2.43 bits per heavy atom. The molecule has 0 heterocycles. The van der Waals surface area contributed by atoms with Crippen LogP contribution in [0.25, 0.3) is 0 Å². The highest BCUT2D eigenvalue weighted by Gasteiger charge is 2.33. The summed E-state index contributed by atoms with van der Waals surface area (Å²) in [6.07, 6.45) is -4.43. The number of anilines is 1. The zero-order chi connectivity index (χ0) is 15.6. The Labute approximate surface area is 135 Å². The van der Waals surface area contributed by atoms with Crippen LogP contribution in [-0.4, -0.2) is 0 Å². The Morgan fingerprint density at radius 2 is 1.76 bits per heavy atom. The predicted molar refractivity (Wildman–Crippen MR) is 80.6 cm³/mol. The second-order valence-electron chi connectivity index (χ2n) is 4.26. The van der Waals surface area contributed by atoms with Crippen molar-refractivity contribution in [1.82, 2.24) is 0 Å². The molecule has 0 radical (unpaired) electrons. The number of benzene rings is 2. The van der Waals surface area contributed by atoms with Gasteiger partial charge in [-0.2, -0.15) is 13.2 Å². The normalized spacial score (nSPS) is 11.5. The lowest BCUT2D eigenvalue weighted by Gasteiger charge is -2.13. The van der Waals surface area contributed by atoms with Gasteiger partial charge in [0.15, 0.2) is 0 Å². The first-order chi connectivity index (χ1) is 9.79. The van der Waals surface area contributed by atoms with Crippen LogP contribution in [-0.2, 0) is 12.7 Å². The Hall–Kier alpha value is -1.08. The molecule has 0 saturated heterocycles. The molecular weight excluding hydrogens is 418 g/mol. The van der Waals surface area contributed by atoms with E-state index >= 15 is 0 Å². The quantitative estimate of drug-likeness (QED) is 0.595. The lowest BCUT2D eigenvalue weighted by atomic mass is 10.1. The van der Waals surface area contributed by atoms with Crippen molar-refractivity contribution in [3.63, 3.8) is 0 Å². The zero-order valence-corrected chi connectivity index (χ0v) is 13.6. The van der Waals surface area contributed by atoms with Crippen molar-refractivity contribution in [1.29, 1.82) is 0 Å². The van der Waals surface area contributed by atoms with Crippen LogP contribution in [0.5, 0.6) is 0 Å². The van der Waals surface area contributed by atoms with Crippen molar-refractivity contribution in [2.24, 2.45) is 0 Å². The number of alkyl halides is 3. The van der Waals surface area contributed by atoms with Gasteiger partial charge in [-0.25, -0.2) is 4.39 Å². The van der Waals surface area contributed by atoms with Gasteiger partial charge in [0.05, 0.1) is 10.0 Å². The first kappa shape index (κ1) is 16.3. The summed E-state index contributed by atoms with van der Waals surface area (Å²) in [6.45, 7) is 0.206. The van der Waals surface area contributed by atoms with Crippen LogP contribution in [0.3, 0.4) is 0 Å². The van der Waals surface area contributed by atoms with Crippen molar-refractivity contribution in [2.75, 3.05) is 5.32 Å². The summed E-state index contributed by atoms with van der Waals surface area (Å²) >= 11 is 5.99. The van der Waals surface area contributed by atoms with E-state index in [2.05, 4.69) is 37.2 Å². The second kappa shape index (κ2) is 6.36. The summed E-state index contributed by atoms with van der Waals surface area (Å²) in [5.74, 6) is -0.416. The van der Waals surface area contributed by atoms with Gasteiger partial charge in [-0.15, -0.1) is 0 Å². The van der Waals surface area contributed by atoms with Crippen molar-refractivity contribution >= 4 is 37.5 Å². The van der Waals surface area contributed by atoms with Crippen LogP contribution in [0.2, 0.25) is 0 Å². The van der Waals surface area contributed by atoms with E-state index < -0.39 is 17.6 Å². The minimum atomic E-state index is -4.43. The SMILES string of the molecule is Fc1cccc(CNc2ccc(Br)c(C(F)(F)F)c2)c1Br. The van der Waals surface area contributed by atoms with Crippen LogP contribution in [0.4, 0.5) is 23.2 Å². The molecule has 0 aliphatic carbocycles. The van der Waals surface area contributed by atoms with Crippen LogP contribution >= 0.6 is 31.9 Å². The average Bonchev–Trinajstić information content (AvgIpc) is 2.40. The lowest BCUT2D eigenvalue weighted by molar-refractivity contribution is -0.138. The van der Waals surface area contributed by atoms with Crippen LogP contribution in [0, 0.1) is 5.82 Å². The van der Waals surface area contributed by atoms with Crippen LogP contribution < -0.4 is 5.32 Å². The molecule has 112 valence electrons. The van der Waals surface area contributed by atoms with E-state index in [0.717, 1.165) is 6.07 Å². The van der Waals surface area contributed by atoms with Gasteiger partial charge in [-0.05, 0) is 45.8 Å². The number of hydrogen-bond acceptors (Lipinski definition) is 1. The molecule has 0 atom stereocenters. The molecule has 2 aromatic rings. The molecule has 0 amide bonds. The summed E-state index contributed by atoms with van der Waals surface area (Å²) in [5, 5.41) is 2.85. The molecule has 0 aliphatic heterocycles. The van der Waals surface area contributed by atoms with Gasteiger partial charge >= 0.3 is 6.18 Å². The minimum Gasteiger partial charge on any atom is -0.381 e. The molecule has 7 heteroatoms. The molecule has 0 fully saturated rings. The third-order valence-electron chi connectivity index (χ3n) is 2.79. The zero-order valence-electron chi connectivity index (χ0n) is 10.4. The summed E-state index contributed by atoms with van der Waals surface area (Å²) in [6, 6.07) is 8.38. The van der Waals surface area contributed by atoms with Gasteiger partial charge in [0.25, 0.3) is 0 Å². The summed E-state index contributed by atoms with van der Waals surface area (Å²) < 4.78 is 52.0. The van der Waals surface area contributed by atoms with Crippen molar-refractivity contribution in [3.05, 3.63) is 62.3 Å². The second-order valence-corrected chi connectivity index (χ2v) is 5.91. The highest BCUT2D eigenvalue weighted by atomic mass is 79.9. The molecule has 0 saturated carbocycles. The predicted octanol–water partition coefficient (Wildman–Crippen LogP) is 5.98. The topological polar surface area (TPSA) is 12.0 Å². The fourth-order valence-corrected chi connectivity index (χ4v) is 2.61. The van der Waals surface area contributed by atoms with Crippen molar-refractivity contribution < 1.29 is 17.6 Å². The molecular formula is C14H9Br2F4N. The molecule has 0 spiro atoms. The lowest BCUT2D eigenvalue weighted by Crippen LogP contribution is -2.08. The minimum absolute atomic E-state index is 0.0208. The van der Waals surface area contributed by atoms with Gasteiger partial charge in [0.1, 0.15) is 5.82 Å². The van der Waals surface area contributed by atoms with Gasteiger partial charge in [-0.1, -0.05) is 28.1 Å². The molecule has 2 rings (SSSR count). The maximum absolute atomic E-state index is 13.3. The Bertz CT molecular complexity index is 656. The Balaban J connectivity index is 2.19. The third kappa shape index (κ3) is 3.97. The van der Waals surface area contributed by atoms with Crippen molar-refractivity contribution in [3.8, 4) is 0 Å². The number of hydrogen-bond donors (Lipinski definition) is 1. The number of nitrogens with one attached hydrogen (secondary N) is 1. The molecule has 21 heavy (non-hydrogen) atoms. The molecule has 0 bridgehead atoms. The van der Waals surface area contributed by atoms with E-state index in [1.54, 1.807) is 12.1 Å². The Kier molecular flexibility index (Phi) is 4.93. The van der Waals surface area contributed by atoms with E-state index in [0.29, 0.717) is 15.7 Å². The monoisotopic (exact) mass is 425 g/mol. The number of rotatable bonds is 3. The molecule has 0 unspecified atom stereocenters. The van der Waals surface area contributed by atoms with Crippen molar-refractivity contribution in [2.45, 2.75) is 12.7 Å². The molecule has 2 aromatic carbocycles. The van der Waals surface area contributed by atoms with E-state index in [9.17, 15) is 17.6 Å². The average molecular weight is 427 g/mol. The molecule has 0 aromatic heterocycles. The Morgan fingerprint density at radius 1 is 1.05 bits per heavy atom. The van der Waals surface area contributed by atoms with Crippen LogP contribution in [0.15, 0.2) is 45.3 Å². The highest BCUT2D eigenvalue weighted by molar-refractivity contribution is 9.10. The first-order valence-electron chi connectivity index (χ1n) is 5.82. The largest absolute Gasteiger partial charge is 0.417 e. The van der Waals surface area contributed by atoms with E-state index in [4.69, 9.17) is 0 Å². The fraction of sp³-hybridized carbons (Fsp3) is 0.143. The van der Waals surface area contributed by atoms with Gasteiger partial charge in [0.2, 0.25) is 0 Å². The number of halogens is 6. The maximum atomic E-state index is 13.3. The molecule has 0 aliphatic rings. The summed E-state index contributed by atoms with van der Waals surface area (Å²) in [7, 11) is 0. The standard InChI is InChI=1S/C14H9Br2F4N/c15-11-5-4-9(6-10(11)14(18,19)20)21-7-8-2-1-3-12(17)13(8)16/h1-6,21H,7H2. The molecule has 1 N–H and O–H groups in total. The van der Waals surface area contributed by atoms with E-state index in [-0.39, 0.29) is 11.0 Å². The fourth-order valence-electron chi connectivity index (χ4n) is 1.73. The van der Waals surface area contributed by atoms with E-state index in [1.165, 1.54) is 18.2 Å². The maximum Gasteiger partial charge on any atom is 0.417 e. The van der Waals surface area contributed by atoms with Gasteiger partial charge < -0.3 is 5.32 Å². The smallest absolute Gasteiger partial charge is 0.381 e. The summed E-state index contributed by atoms with van der Waals surface area (Å²) in [4.78, 5) is 0. The third-order valence-corrected chi connectivity index (χ3v) is 4.37. The highest BCUT2D eigenvalue weighted by Crippen LogP contribution is 2.36. The summed E-state index contributed by atoms with van der Waals surface area (Å²) in [5.41, 5.74) is 0.166. The van der Waals surface area contributed by atoms with Gasteiger partial charge in [-0.3, -0.25) is 0 Å². The van der Waals surface area contributed by atoms with E-state index in [1.807, 2.05) is 0 Å². The molecule has 1 nitrogen and oxygen atoms in total. The van der Waals surface area contributed by atoms with Crippen LogP contribution in [0.1, 0.15) is 11.1 Å². The first-order valence-corrected chi connectivity index (χ1v) is 7.41. The van der Waals surface area contributed by atoms with Gasteiger partial charge in [0, 0.05) is 16.7 Å².